The molecule has 0 fully saturated rings. The van der Waals surface area contributed by atoms with E-state index in [0.29, 0.717) is 43.4 Å². The van der Waals surface area contributed by atoms with Gasteiger partial charge in [0.2, 0.25) is 0 Å². The van der Waals surface area contributed by atoms with Crippen molar-refractivity contribution in [3.63, 3.8) is 0 Å². The van der Waals surface area contributed by atoms with Crippen molar-refractivity contribution in [2.75, 3.05) is 26.2 Å². The summed E-state index contributed by atoms with van der Waals surface area (Å²) >= 11 is 0. The maximum absolute atomic E-state index is 11.3. The molecule has 0 aromatic heterocycles. The zero-order valence-corrected chi connectivity index (χ0v) is 19.2. The van der Waals surface area contributed by atoms with Gasteiger partial charge in [-0.25, -0.2) is 0 Å². The van der Waals surface area contributed by atoms with Gasteiger partial charge in [0.1, 0.15) is 0 Å². The van der Waals surface area contributed by atoms with E-state index >= 15 is 0 Å². The van der Waals surface area contributed by atoms with Crippen LogP contribution in [-0.2, 0) is 14.4 Å². The van der Waals surface area contributed by atoms with Gasteiger partial charge in [-0.2, -0.15) is 0 Å². The Balaban J connectivity index is 5.34. The molecule has 0 aliphatic heterocycles. The first-order chi connectivity index (χ1) is 14.0. The lowest BCUT2D eigenvalue weighted by atomic mass is 10.0. The van der Waals surface area contributed by atoms with Crippen LogP contribution in [0.5, 0.6) is 0 Å². The van der Waals surface area contributed by atoms with Gasteiger partial charge in [-0.3, -0.25) is 14.4 Å². The van der Waals surface area contributed by atoms with Crippen LogP contribution in [0, 0.1) is 17.8 Å². The fourth-order valence-electron chi connectivity index (χ4n) is 3.50. The molecule has 0 bridgehead atoms. The van der Waals surface area contributed by atoms with Crippen molar-refractivity contribution >= 4 is 17.9 Å². The molecule has 0 aliphatic carbocycles. The Hall–Kier alpha value is -1.89. The first-order valence-corrected chi connectivity index (χ1v) is 11.2. The summed E-state index contributed by atoms with van der Waals surface area (Å²) in [5, 5.41) is 27.9. The predicted molar refractivity (Wildman–Crippen MR) is 117 cm³/mol. The van der Waals surface area contributed by atoms with Gasteiger partial charge in [-0.15, -0.1) is 0 Å². The first kappa shape index (κ1) is 28.1. The number of unbranched alkanes of at least 4 members (excludes halogenated alkanes) is 3. The minimum absolute atomic E-state index is 0.481. The number of hydrogen-bond acceptors (Lipinski definition) is 3. The molecule has 0 saturated carbocycles. The second-order valence-electron chi connectivity index (χ2n) is 8.74. The lowest BCUT2D eigenvalue weighted by Crippen LogP contribution is -2.52. The lowest BCUT2D eigenvalue weighted by molar-refractivity contribution is -0.929. The summed E-state index contributed by atoms with van der Waals surface area (Å²) in [4.78, 5) is 34.0. The number of rotatable bonds is 18. The highest BCUT2D eigenvalue weighted by molar-refractivity contribution is 5.70. The Labute approximate surface area is 181 Å². The van der Waals surface area contributed by atoms with E-state index in [-0.39, 0.29) is 0 Å². The summed E-state index contributed by atoms with van der Waals surface area (Å²) in [5.74, 6) is -3.95. The monoisotopic (exact) mass is 428 g/mol. The summed E-state index contributed by atoms with van der Waals surface area (Å²) in [6, 6.07) is 0. The van der Waals surface area contributed by atoms with Gasteiger partial charge in [0.05, 0.1) is 43.9 Å². The minimum Gasteiger partial charge on any atom is -0.481 e. The van der Waals surface area contributed by atoms with E-state index in [1.54, 1.807) is 20.8 Å². The summed E-state index contributed by atoms with van der Waals surface area (Å²) in [6.45, 7) is 9.76. The van der Waals surface area contributed by atoms with Crippen LogP contribution >= 0.6 is 0 Å². The molecule has 7 nitrogen and oxygen atoms in total. The van der Waals surface area contributed by atoms with E-state index in [2.05, 4.69) is 6.08 Å². The molecule has 0 aromatic rings. The quantitative estimate of drug-likeness (QED) is 0.171. The summed E-state index contributed by atoms with van der Waals surface area (Å²) < 4.78 is 0.594. The number of carboxylic acid groups (broad SMARTS) is 3. The molecule has 0 aromatic carbocycles. The van der Waals surface area contributed by atoms with Crippen molar-refractivity contribution in [1.29, 1.82) is 0 Å². The van der Waals surface area contributed by atoms with E-state index in [1.165, 1.54) is 0 Å². The average molecular weight is 429 g/mol. The van der Waals surface area contributed by atoms with Gasteiger partial charge in [0.25, 0.3) is 0 Å². The number of carboxylic acids is 3. The third-order valence-electron chi connectivity index (χ3n) is 6.11. The Morgan fingerprint density at radius 3 is 1.43 bits per heavy atom. The van der Waals surface area contributed by atoms with Crippen molar-refractivity contribution in [3.05, 3.63) is 12.2 Å². The number of quaternary nitrogens is 1. The topological polar surface area (TPSA) is 112 Å². The predicted octanol–water partition coefficient (Wildman–Crippen LogP) is 4.27. The van der Waals surface area contributed by atoms with Gasteiger partial charge >= 0.3 is 17.9 Å². The molecular weight excluding hydrogens is 386 g/mol. The average Bonchev–Trinajstić information content (AvgIpc) is 2.69. The Kier molecular flexibility index (Phi) is 14.0. The number of aliphatic carboxylic acids is 3. The normalized spacial score (nSPS) is 16.7. The molecule has 0 amide bonds. The third-order valence-corrected chi connectivity index (χ3v) is 6.11. The minimum atomic E-state index is -0.836. The van der Waals surface area contributed by atoms with Crippen LogP contribution in [0.2, 0.25) is 0 Å². The number of nitrogens with zero attached hydrogens (tertiary/aromatic N) is 1. The number of hydrogen-bond donors (Lipinski definition) is 3. The van der Waals surface area contributed by atoms with Crippen LogP contribution in [0.1, 0.15) is 72.6 Å². The third kappa shape index (κ3) is 12.0. The van der Waals surface area contributed by atoms with Crippen LogP contribution in [0.4, 0.5) is 0 Å². The molecule has 0 saturated heterocycles. The fourth-order valence-corrected chi connectivity index (χ4v) is 3.50. The molecule has 3 atom stereocenters. The van der Waals surface area contributed by atoms with Crippen LogP contribution in [-0.4, -0.2) is 63.9 Å². The number of allylic oxidation sites excluding steroid dienone is 2. The lowest BCUT2D eigenvalue weighted by Gasteiger charge is -2.40. The highest BCUT2D eigenvalue weighted by Crippen LogP contribution is 2.21. The van der Waals surface area contributed by atoms with Crippen molar-refractivity contribution in [3.8, 4) is 0 Å². The molecule has 0 rings (SSSR count). The Bertz CT molecular complexity index is 500. The fraction of sp³-hybridized carbons (Fsp3) is 0.783. The summed E-state index contributed by atoms with van der Waals surface area (Å²) in [5.41, 5.74) is 0. The van der Waals surface area contributed by atoms with Gasteiger partial charge in [0.15, 0.2) is 0 Å². The molecule has 0 radical (unpaired) electrons. The molecular formula is C23H42NO6+. The molecule has 3 unspecified atom stereocenters. The zero-order valence-electron chi connectivity index (χ0n) is 19.2. The summed E-state index contributed by atoms with van der Waals surface area (Å²) in [7, 11) is 0. The molecule has 30 heavy (non-hydrogen) atoms. The Morgan fingerprint density at radius 1 is 0.700 bits per heavy atom. The number of carbonyl (C=O) groups is 3. The van der Waals surface area contributed by atoms with Crippen LogP contribution in [0.3, 0.4) is 0 Å². The Morgan fingerprint density at radius 2 is 1.10 bits per heavy atom. The van der Waals surface area contributed by atoms with E-state index in [9.17, 15) is 29.7 Å². The van der Waals surface area contributed by atoms with E-state index in [0.717, 1.165) is 32.2 Å². The first-order valence-electron chi connectivity index (χ1n) is 11.2. The van der Waals surface area contributed by atoms with Gasteiger partial charge < -0.3 is 19.8 Å². The second-order valence-corrected chi connectivity index (χ2v) is 8.74. The van der Waals surface area contributed by atoms with Crippen LogP contribution < -0.4 is 0 Å². The van der Waals surface area contributed by atoms with Crippen molar-refractivity contribution in [1.82, 2.24) is 0 Å². The second kappa shape index (κ2) is 15.0. The van der Waals surface area contributed by atoms with Crippen molar-refractivity contribution < 1.29 is 34.2 Å². The zero-order chi connectivity index (χ0) is 23.2. The molecule has 0 aliphatic rings. The van der Waals surface area contributed by atoms with Gasteiger partial charge in [-0.05, 0) is 32.6 Å². The van der Waals surface area contributed by atoms with Crippen LogP contribution in [0.15, 0.2) is 12.2 Å². The summed E-state index contributed by atoms with van der Waals surface area (Å²) in [6.07, 6.45) is 9.77. The molecule has 0 heterocycles. The maximum Gasteiger partial charge on any atom is 0.306 e. The highest BCUT2D eigenvalue weighted by atomic mass is 16.4. The van der Waals surface area contributed by atoms with E-state index in [4.69, 9.17) is 0 Å². The van der Waals surface area contributed by atoms with E-state index in [1.807, 2.05) is 13.0 Å². The van der Waals surface area contributed by atoms with Gasteiger partial charge in [0, 0.05) is 19.3 Å². The van der Waals surface area contributed by atoms with E-state index < -0.39 is 35.7 Å². The molecule has 3 N–H and O–H groups in total. The SMILES string of the molecule is C/C=C/CCCCC[N+](CCC(C)C(=O)O)(CCC(C)C(=O)O)CCC(C)C(=O)O. The smallest absolute Gasteiger partial charge is 0.306 e. The van der Waals surface area contributed by atoms with Gasteiger partial charge in [-0.1, -0.05) is 32.9 Å². The molecule has 0 spiro atoms. The maximum atomic E-state index is 11.3. The highest BCUT2D eigenvalue weighted by Gasteiger charge is 2.31. The largest absolute Gasteiger partial charge is 0.481 e. The van der Waals surface area contributed by atoms with Crippen molar-refractivity contribution in [2.24, 2.45) is 17.8 Å². The van der Waals surface area contributed by atoms with Crippen LogP contribution in [0.25, 0.3) is 0 Å². The molecule has 174 valence electrons. The standard InChI is InChI=1S/C23H41NO6/c1-5-6-7-8-9-10-14-24(15-11-18(2)21(25)26,16-12-19(3)22(27)28)17-13-20(4)23(29)30/h5-6,18-20H,7-17H2,1-4H3,(H2-,25,26,27,28,29,30)/p+1/b6-5+. The molecule has 7 heteroatoms. The van der Waals surface area contributed by atoms with Crippen molar-refractivity contribution in [2.45, 2.75) is 72.6 Å².